The van der Waals surface area contributed by atoms with Gasteiger partial charge in [0.2, 0.25) is 0 Å². The summed E-state index contributed by atoms with van der Waals surface area (Å²) < 4.78 is 2.33. The van der Waals surface area contributed by atoms with Gasteiger partial charge in [0.05, 0.1) is 5.69 Å². The van der Waals surface area contributed by atoms with Gasteiger partial charge in [0.15, 0.2) is 0 Å². The molecule has 2 aromatic carbocycles. The van der Waals surface area contributed by atoms with Crippen LogP contribution < -0.4 is 0 Å². The number of unbranched alkanes of at least 4 members (excludes halogenated alkanes) is 4. The maximum Gasteiger partial charge on any atom is 0.135 e. The van der Waals surface area contributed by atoms with Gasteiger partial charge in [-0.1, -0.05) is 69.0 Å². The molecule has 1 heterocycles. The van der Waals surface area contributed by atoms with E-state index in [0.717, 1.165) is 38.5 Å². The minimum Gasteiger partial charge on any atom is -0.343 e. The van der Waals surface area contributed by atoms with Crippen molar-refractivity contribution in [2.45, 2.75) is 84.0 Å². The quantitative estimate of drug-likeness (QED) is 0.313. The highest BCUT2D eigenvalue weighted by Crippen LogP contribution is 2.39. The first-order chi connectivity index (χ1) is 15.6. The summed E-state index contributed by atoms with van der Waals surface area (Å²) in [5.41, 5.74) is 6.72. The van der Waals surface area contributed by atoms with Crippen LogP contribution in [0.3, 0.4) is 0 Å². The lowest BCUT2D eigenvalue weighted by Gasteiger charge is -2.28. The fourth-order valence-corrected chi connectivity index (χ4v) is 5.79. The van der Waals surface area contributed by atoms with Crippen LogP contribution in [0.25, 0.3) is 22.2 Å². The van der Waals surface area contributed by atoms with E-state index in [-0.39, 0.29) is 0 Å². The lowest BCUT2D eigenvalue weighted by Crippen LogP contribution is -2.21. The lowest BCUT2D eigenvalue weighted by atomic mass is 9.76. The summed E-state index contributed by atoms with van der Waals surface area (Å²) >= 11 is 0. The number of aryl methyl sites for hydroxylation is 2. The Morgan fingerprint density at radius 3 is 2.44 bits per heavy atom. The third-order valence-electron chi connectivity index (χ3n) is 7.70. The molecule has 0 amide bonds. The van der Waals surface area contributed by atoms with Crippen molar-refractivity contribution in [3.63, 3.8) is 0 Å². The molecule has 0 unspecified atom stereocenters. The summed E-state index contributed by atoms with van der Waals surface area (Å²) in [6.45, 7) is 4.48. The van der Waals surface area contributed by atoms with Crippen LogP contribution in [0.5, 0.6) is 0 Å². The third kappa shape index (κ3) is 4.85. The Bertz CT molecular complexity index is 1010. The zero-order chi connectivity index (χ0) is 22.5. The summed E-state index contributed by atoms with van der Waals surface area (Å²) in [5.74, 6) is 1.42. The number of fused-ring (bicyclic) bond motifs is 1. The Morgan fingerprint density at radius 1 is 0.938 bits per heavy atom. The first kappa shape index (κ1) is 22.8. The van der Waals surface area contributed by atoms with Crippen LogP contribution in [-0.4, -0.2) is 10.4 Å². The minimum atomic E-state index is 0.307. The van der Waals surface area contributed by atoms with Crippen LogP contribution in [0.15, 0.2) is 48.5 Å². The van der Waals surface area contributed by atoms with Crippen molar-refractivity contribution >= 4 is 16.7 Å². The molecule has 0 atom stereocenters. The van der Waals surface area contributed by atoms with Crippen LogP contribution in [0.1, 0.15) is 88.2 Å². The number of hydrogen-bond donors (Lipinski definition) is 0. The Balaban J connectivity index is 1.41. The summed E-state index contributed by atoms with van der Waals surface area (Å²) in [7, 11) is 2.18. The molecule has 0 aliphatic heterocycles. The summed E-state index contributed by atoms with van der Waals surface area (Å²) in [4.78, 5) is 12.7. The summed E-state index contributed by atoms with van der Waals surface area (Å²) in [6.07, 6.45) is 11.4. The van der Waals surface area contributed by atoms with E-state index in [9.17, 15) is 4.79 Å². The normalized spacial score (nSPS) is 18.8. The standard InChI is InChI=1S/C30H39NO/c1-4-5-6-7-8-16-29(32)24-19-17-23(18-20-24)25-12-11-13-26(21-25)30-22(2)27-14-9-10-15-28(27)31(30)3/h9-15,21,23-24H,4-8,16-20H2,1-3H3. The van der Waals surface area contributed by atoms with E-state index in [0.29, 0.717) is 17.6 Å². The highest BCUT2D eigenvalue weighted by Gasteiger charge is 2.27. The van der Waals surface area contributed by atoms with Crippen molar-refractivity contribution in [1.29, 1.82) is 0 Å². The Labute approximate surface area is 194 Å². The number of para-hydroxylation sites is 1. The van der Waals surface area contributed by atoms with E-state index in [4.69, 9.17) is 0 Å². The van der Waals surface area contributed by atoms with Crippen LogP contribution >= 0.6 is 0 Å². The Kier molecular flexibility index (Phi) is 7.50. The number of Topliss-reactive ketones (excluding diaryl/α,β-unsaturated/α-hetero) is 1. The molecular weight excluding hydrogens is 390 g/mol. The highest BCUT2D eigenvalue weighted by atomic mass is 16.1. The molecule has 32 heavy (non-hydrogen) atoms. The third-order valence-corrected chi connectivity index (χ3v) is 7.70. The van der Waals surface area contributed by atoms with Gasteiger partial charge in [-0.15, -0.1) is 0 Å². The van der Waals surface area contributed by atoms with Gasteiger partial charge in [0.1, 0.15) is 5.78 Å². The minimum absolute atomic E-state index is 0.307. The topological polar surface area (TPSA) is 22.0 Å². The molecule has 1 aliphatic rings. The van der Waals surface area contributed by atoms with Crippen molar-refractivity contribution in [2.24, 2.45) is 13.0 Å². The van der Waals surface area contributed by atoms with E-state index in [1.54, 1.807) is 0 Å². The number of hydrogen-bond acceptors (Lipinski definition) is 1. The fraction of sp³-hybridized carbons (Fsp3) is 0.500. The van der Waals surface area contributed by atoms with E-state index >= 15 is 0 Å². The molecule has 1 aromatic heterocycles. The molecule has 0 N–H and O–H groups in total. The van der Waals surface area contributed by atoms with Gasteiger partial charge in [-0.3, -0.25) is 4.79 Å². The second kappa shape index (κ2) is 10.5. The molecule has 2 heteroatoms. The number of ketones is 1. The van der Waals surface area contributed by atoms with Crippen LogP contribution in [0.2, 0.25) is 0 Å². The van der Waals surface area contributed by atoms with Gasteiger partial charge in [-0.2, -0.15) is 0 Å². The van der Waals surface area contributed by atoms with Gasteiger partial charge < -0.3 is 4.57 Å². The number of aromatic nitrogens is 1. The van der Waals surface area contributed by atoms with E-state index < -0.39 is 0 Å². The second-order valence-corrected chi connectivity index (χ2v) is 9.85. The SMILES string of the molecule is CCCCCCCC(=O)C1CCC(c2cccc(-c3c(C)c4ccccc4n3C)c2)CC1. The van der Waals surface area contributed by atoms with Gasteiger partial charge in [-0.05, 0) is 73.8 Å². The number of nitrogens with zero attached hydrogens (tertiary/aromatic N) is 1. The molecule has 2 nitrogen and oxygen atoms in total. The van der Waals surface area contributed by atoms with Gasteiger partial charge in [-0.25, -0.2) is 0 Å². The first-order valence-corrected chi connectivity index (χ1v) is 12.8. The molecular formula is C30H39NO. The molecule has 1 fully saturated rings. The average molecular weight is 430 g/mol. The van der Waals surface area contributed by atoms with Crippen molar-refractivity contribution < 1.29 is 4.79 Å². The van der Waals surface area contributed by atoms with Crippen molar-refractivity contribution in [2.75, 3.05) is 0 Å². The lowest BCUT2D eigenvalue weighted by molar-refractivity contribution is -0.124. The molecule has 170 valence electrons. The zero-order valence-electron chi connectivity index (χ0n) is 20.2. The molecule has 0 spiro atoms. The second-order valence-electron chi connectivity index (χ2n) is 9.85. The maximum atomic E-state index is 12.7. The number of rotatable bonds is 9. The molecule has 0 saturated heterocycles. The van der Waals surface area contributed by atoms with Gasteiger partial charge in [0, 0.05) is 30.3 Å². The molecule has 0 radical (unpaired) electrons. The molecule has 3 aromatic rings. The van der Waals surface area contributed by atoms with E-state index in [1.807, 2.05) is 0 Å². The van der Waals surface area contributed by atoms with Crippen LogP contribution in [-0.2, 0) is 11.8 Å². The van der Waals surface area contributed by atoms with Crippen molar-refractivity contribution in [1.82, 2.24) is 4.57 Å². The molecule has 1 saturated carbocycles. The molecule has 1 aliphatic carbocycles. The number of benzene rings is 2. The number of carbonyl (C=O) groups excluding carboxylic acids is 1. The van der Waals surface area contributed by atoms with Gasteiger partial charge >= 0.3 is 0 Å². The van der Waals surface area contributed by atoms with Crippen LogP contribution in [0.4, 0.5) is 0 Å². The molecule has 4 rings (SSSR count). The van der Waals surface area contributed by atoms with Crippen molar-refractivity contribution in [3.05, 3.63) is 59.7 Å². The average Bonchev–Trinajstić information content (AvgIpc) is 3.09. The highest BCUT2D eigenvalue weighted by molar-refractivity contribution is 5.91. The smallest absolute Gasteiger partial charge is 0.135 e. The molecule has 0 bridgehead atoms. The van der Waals surface area contributed by atoms with Crippen LogP contribution in [0, 0.1) is 12.8 Å². The van der Waals surface area contributed by atoms with Crippen molar-refractivity contribution in [3.8, 4) is 11.3 Å². The maximum absolute atomic E-state index is 12.7. The predicted octanol–water partition coefficient (Wildman–Crippen LogP) is 8.36. The predicted molar refractivity (Wildman–Crippen MR) is 136 cm³/mol. The Hall–Kier alpha value is -2.35. The van der Waals surface area contributed by atoms with Gasteiger partial charge in [0.25, 0.3) is 0 Å². The number of carbonyl (C=O) groups is 1. The van der Waals surface area contributed by atoms with E-state index in [2.05, 4.69) is 74.0 Å². The Morgan fingerprint density at radius 2 is 1.69 bits per heavy atom. The zero-order valence-corrected chi connectivity index (χ0v) is 20.2. The first-order valence-electron chi connectivity index (χ1n) is 12.8. The summed E-state index contributed by atoms with van der Waals surface area (Å²) in [5, 5.41) is 1.34. The summed E-state index contributed by atoms with van der Waals surface area (Å²) in [6, 6.07) is 17.8. The van der Waals surface area contributed by atoms with E-state index in [1.165, 1.54) is 59.0 Å². The monoisotopic (exact) mass is 429 g/mol. The fourth-order valence-electron chi connectivity index (χ4n) is 5.79. The largest absolute Gasteiger partial charge is 0.343 e.